The van der Waals surface area contributed by atoms with E-state index in [-0.39, 0.29) is 24.5 Å². The highest BCUT2D eigenvalue weighted by Gasteiger charge is 2.28. The van der Waals surface area contributed by atoms with Gasteiger partial charge in [0, 0.05) is 34.5 Å². The minimum atomic E-state index is -0.705. The maximum Gasteiger partial charge on any atom is 0.328 e. The predicted octanol–water partition coefficient (Wildman–Crippen LogP) is 5.77. The van der Waals surface area contributed by atoms with Gasteiger partial charge in [0.1, 0.15) is 6.04 Å². The Hall–Kier alpha value is -5.35. The Morgan fingerprint density at radius 2 is 1.63 bits per heavy atom. The quantitative estimate of drug-likeness (QED) is 0.151. The molecule has 1 amide bonds. The highest BCUT2D eigenvalue weighted by molar-refractivity contribution is 6.12. The Labute approximate surface area is 251 Å². The van der Waals surface area contributed by atoms with Crippen molar-refractivity contribution in [2.75, 3.05) is 23.8 Å². The number of esters is 1. The Kier molecular flexibility index (Phi) is 9.18. The third-order valence-electron chi connectivity index (χ3n) is 7.23. The molecule has 7 nitrogen and oxygen atoms in total. The van der Waals surface area contributed by atoms with Crippen molar-refractivity contribution in [3.05, 3.63) is 131 Å². The van der Waals surface area contributed by atoms with E-state index >= 15 is 0 Å². The van der Waals surface area contributed by atoms with E-state index < -0.39 is 12.0 Å². The molecule has 2 N–H and O–H groups in total. The first-order valence-electron chi connectivity index (χ1n) is 14.3. The number of hydrogen-bond acceptors (Lipinski definition) is 6. The van der Waals surface area contributed by atoms with Gasteiger partial charge >= 0.3 is 5.97 Å². The number of para-hydroxylation sites is 2. The molecule has 0 aromatic heterocycles. The number of amides is 1. The Morgan fingerprint density at radius 1 is 0.930 bits per heavy atom. The van der Waals surface area contributed by atoms with Crippen molar-refractivity contribution in [3.63, 3.8) is 0 Å². The van der Waals surface area contributed by atoms with Gasteiger partial charge in [-0.3, -0.25) is 9.59 Å². The molecule has 0 bridgehead atoms. The molecule has 43 heavy (non-hydrogen) atoms. The monoisotopic (exact) mass is 571 g/mol. The maximum atomic E-state index is 13.2. The summed E-state index contributed by atoms with van der Waals surface area (Å²) in [6.45, 7) is 4.24. The molecule has 1 aliphatic heterocycles. The van der Waals surface area contributed by atoms with Gasteiger partial charge in [0.25, 0.3) is 5.91 Å². The van der Waals surface area contributed by atoms with Crippen LogP contribution in [0.15, 0.2) is 103 Å². The number of nitrogens with one attached hydrogen (secondary N) is 2. The molecule has 0 saturated carbocycles. The lowest BCUT2D eigenvalue weighted by Gasteiger charge is -2.34. The lowest BCUT2D eigenvalue weighted by atomic mass is 10.00. The van der Waals surface area contributed by atoms with Crippen LogP contribution in [0.3, 0.4) is 0 Å². The molecular weight excluding hydrogens is 538 g/mol. The molecule has 1 aliphatic rings. The first-order valence-corrected chi connectivity index (χ1v) is 14.3. The molecule has 0 fully saturated rings. The Morgan fingerprint density at radius 3 is 2.40 bits per heavy atom. The summed E-state index contributed by atoms with van der Waals surface area (Å²) in [5.41, 5.74) is 4.80. The zero-order valence-corrected chi connectivity index (χ0v) is 24.2. The molecule has 7 heteroatoms. The van der Waals surface area contributed by atoms with Crippen LogP contribution in [-0.4, -0.2) is 47.9 Å². The van der Waals surface area contributed by atoms with Crippen molar-refractivity contribution in [1.82, 2.24) is 4.90 Å². The van der Waals surface area contributed by atoms with Crippen molar-refractivity contribution in [2.24, 2.45) is 0 Å². The van der Waals surface area contributed by atoms with Gasteiger partial charge in [-0.05, 0) is 55.8 Å². The van der Waals surface area contributed by atoms with E-state index in [1.165, 1.54) is 0 Å². The third-order valence-corrected chi connectivity index (χ3v) is 7.23. The average molecular weight is 572 g/mol. The number of carbonyl (C=O) groups excluding carboxylic acids is 3. The fraction of sp³-hybridized carbons (Fsp3) is 0.194. The lowest BCUT2D eigenvalue weighted by Crippen LogP contribution is -2.47. The van der Waals surface area contributed by atoms with Gasteiger partial charge in [-0.25, -0.2) is 4.79 Å². The van der Waals surface area contributed by atoms with Crippen LogP contribution in [0.5, 0.6) is 0 Å². The van der Waals surface area contributed by atoms with Crippen molar-refractivity contribution in [3.8, 4) is 11.8 Å². The van der Waals surface area contributed by atoms with E-state index in [0.29, 0.717) is 35.3 Å². The zero-order chi connectivity index (χ0) is 30.2. The molecule has 0 radical (unpaired) electrons. The molecule has 0 saturated heterocycles. The van der Waals surface area contributed by atoms with Crippen LogP contribution >= 0.6 is 0 Å². The standard InChI is InChI=1S/C36H33N3O4/c1-3-43-36(42)33(38-31-17-9-7-15-29(31)34(40)28-13-5-4-6-14-28)24-27-21-19-26(20-22-27)12-11-23-39-25(2)37-32-18-10-8-16-30(32)35(39)41/h4-10,13-22,25,33,37-38H,3,23-24H2,1-2H3/t25?,33-/m0/s1. The molecule has 1 heterocycles. The smallest absolute Gasteiger partial charge is 0.328 e. The fourth-order valence-corrected chi connectivity index (χ4v) is 5.00. The second-order valence-corrected chi connectivity index (χ2v) is 10.2. The first kappa shape index (κ1) is 29.2. The summed E-state index contributed by atoms with van der Waals surface area (Å²) in [5, 5.41) is 6.61. The van der Waals surface area contributed by atoms with Crippen LogP contribution in [0, 0.1) is 11.8 Å². The van der Waals surface area contributed by atoms with Gasteiger partial charge in [0.15, 0.2) is 5.78 Å². The Bertz CT molecular complexity index is 1670. The predicted molar refractivity (Wildman–Crippen MR) is 168 cm³/mol. The van der Waals surface area contributed by atoms with E-state index in [1.807, 2.05) is 79.7 Å². The van der Waals surface area contributed by atoms with Crippen LogP contribution in [0.2, 0.25) is 0 Å². The number of carbonyl (C=O) groups is 3. The molecule has 4 aromatic rings. The molecular formula is C36H33N3O4. The highest BCUT2D eigenvalue weighted by atomic mass is 16.5. The number of benzene rings is 4. The SMILES string of the molecule is CCOC(=O)[C@H](Cc1ccc(C#CCN2C(=O)c3ccccc3NC2C)cc1)Nc1ccccc1C(=O)c1ccccc1. The van der Waals surface area contributed by atoms with Crippen LogP contribution < -0.4 is 10.6 Å². The molecule has 5 rings (SSSR count). The number of rotatable bonds is 9. The van der Waals surface area contributed by atoms with E-state index in [1.54, 1.807) is 42.2 Å². The second-order valence-electron chi connectivity index (χ2n) is 10.2. The normalized spacial score (nSPS) is 14.4. The van der Waals surface area contributed by atoms with Gasteiger partial charge in [-0.1, -0.05) is 78.6 Å². The van der Waals surface area contributed by atoms with E-state index in [0.717, 1.165) is 16.8 Å². The van der Waals surface area contributed by atoms with Gasteiger partial charge in [-0.15, -0.1) is 0 Å². The highest BCUT2D eigenvalue weighted by Crippen LogP contribution is 2.25. The average Bonchev–Trinajstić information content (AvgIpc) is 3.03. The number of anilines is 2. The van der Waals surface area contributed by atoms with Crippen LogP contribution in [0.25, 0.3) is 0 Å². The summed E-state index contributed by atoms with van der Waals surface area (Å²) in [7, 11) is 0. The topological polar surface area (TPSA) is 87.7 Å². The number of nitrogens with zero attached hydrogens (tertiary/aromatic N) is 1. The minimum absolute atomic E-state index is 0.0453. The summed E-state index contributed by atoms with van der Waals surface area (Å²) in [6.07, 6.45) is 0.185. The van der Waals surface area contributed by atoms with E-state index in [9.17, 15) is 14.4 Å². The van der Waals surface area contributed by atoms with Crippen LogP contribution in [0.4, 0.5) is 11.4 Å². The largest absolute Gasteiger partial charge is 0.464 e. The van der Waals surface area contributed by atoms with Gasteiger partial charge < -0.3 is 20.3 Å². The lowest BCUT2D eigenvalue weighted by molar-refractivity contribution is -0.144. The van der Waals surface area contributed by atoms with Crippen molar-refractivity contribution in [2.45, 2.75) is 32.5 Å². The van der Waals surface area contributed by atoms with E-state index in [4.69, 9.17) is 4.74 Å². The fourth-order valence-electron chi connectivity index (χ4n) is 5.00. The molecule has 0 aliphatic carbocycles. The summed E-state index contributed by atoms with van der Waals surface area (Å²) >= 11 is 0. The maximum absolute atomic E-state index is 13.2. The van der Waals surface area contributed by atoms with Gasteiger partial charge in [0.2, 0.25) is 0 Å². The van der Waals surface area contributed by atoms with Crippen LogP contribution in [-0.2, 0) is 16.0 Å². The molecule has 0 spiro atoms. The molecule has 2 atom stereocenters. The third kappa shape index (κ3) is 6.94. The summed E-state index contributed by atoms with van der Waals surface area (Å²) in [6, 6.07) is 30.6. The Balaban J connectivity index is 1.28. The van der Waals surface area contributed by atoms with Gasteiger partial charge in [-0.2, -0.15) is 0 Å². The van der Waals surface area contributed by atoms with E-state index in [2.05, 4.69) is 22.5 Å². The van der Waals surface area contributed by atoms with Crippen LogP contribution in [0.1, 0.15) is 51.3 Å². The number of fused-ring (bicyclic) bond motifs is 1. The molecule has 1 unspecified atom stereocenters. The second kappa shape index (κ2) is 13.5. The number of ether oxygens (including phenoxy) is 1. The molecule has 4 aromatic carbocycles. The summed E-state index contributed by atoms with van der Waals surface area (Å²) < 4.78 is 5.36. The van der Waals surface area contributed by atoms with Crippen molar-refractivity contribution < 1.29 is 19.1 Å². The zero-order valence-electron chi connectivity index (χ0n) is 24.2. The summed E-state index contributed by atoms with van der Waals surface area (Å²) in [5.74, 6) is 5.68. The molecule has 216 valence electrons. The number of hydrogen-bond donors (Lipinski definition) is 2. The van der Waals surface area contributed by atoms with Gasteiger partial charge in [0.05, 0.1) is 24.9 Å². The van der Waals surface area contributed by atoms with Crippen molar-refractivity contribution in [1.29, 1.82) is 0 Å². The number of ketones is 1. The van der Waals surface area contributed by atoms with Crippen molar-refractivity contribution >= 4 is 29.0 Å². The summed E-state index contributed by atoms with van der Waals surface area (Å²) in [4.78, 5) is 40.8. The minimum Gasteiger partial charge on any atom is -0.464 e. The first-order chi connectivity index (χ1) is 20.9.